The summed E-state index contributed by atoms with van der Waals surface area (Å²) < 4.78 is 64.9. The number of alkyl halides is 5. The molecule has 0 fully saturated rings. The maximum absolute atomic E-state index is 13.3. The summed E-state index contributed by atoms with van der Waals surface area (Å²) >= 11 is 0. The van der Waals surface area contributed by atoms with Crippen molar-refractivity contribution in [3.05, 3.63) is 29.8 Å². The summed E-state index contributed by atoms with van der Waals surface area (Å²) in [4.78, 5) is 17.9. The van der Waals surface area contributed by atoms with Gasteiger partial charge in [-0.2, -0.15) is 13.2 Å². The number of halogens is 5. The number of hydrogen-bond acceptors (Lipinski definition) is 5. The van der Waals surface area contributed by atoms with Crippen LogP contribution in [0.4, 0.5) is 32.4 Å². The van der Waals surface area contributed by atoms with Crippen molar-refractivity contribution in [1.29, 1.82) is 0 Å². The zero-order chi connectivity index (χ0) is 21.8. The average Bonchev–Trinajstić information content (AvgIpc) is 2.62. The van der Waals surface area contributed by atoms with Gasteiger partial charge >= 0.3 is 12.2 Å². The van der Waals surface area contributed by atoms with Crippen LogP contribution in [0.3, 0.4) is 0 Å². The number of anilines is 1. The van der Waals surface area contributed by atoms with E-state index in [2.05, 4.69) is 20.9 Å². The second kappa shape index (κ2) is 9.01. The monoisotopic (exact) mass is 423 g/mol. The maximum Gasteiger partial charge on any atom is 0.416 e. The van der Waals surface area contributed by atoms with Gasteiger partial charge in [-0.05, 0) is 32.2 Å². The first-order valence-electron chi connectivity index (χ1n) is 8.63. The van der Waals surface area contributed by atoms with Crippen LogP contribution in [0, 0.1) is 0 Å². The molecule has 4 N–H and O–H groups in total. The van der Waals surface area contributed by atoms with E-state index in [-0.39, 0.29) is 5.69 Å². The summed E-state index contributed by atoms with van der Waals surface area (Å²) in [5.74, 6) is -3.30. The lowest BCUT2D eigenvalue weighted by atomic mass is 10.2. The van der Waals surface area contributed by atoms with E-state index in [1.54, 1.807) is 14.0 Å². The number of aliphatic hydroxyl groups is 1. The molecule has 2 amide bonds. The number of hydrogen-bond donors (Lipinski definition) is 4. The standard InChI is InChI=1S/C17H22F5N5O2/c1-10-6-13(23-8-16(18,19)9-28)27(2)14(24-10)26-15(29)25-12-5-3-4-11(7-12)17(20,21)22/h3-5,7,13-14,23,28H,6,8-9H2,1-2H3,(H2,25,26,29). The molecule has 29 heavy (non-hydrogen) atoms. The van der Waals surface area contributed by atoms with Crippen LogP contribution in [0.5, 0.6) is 0 Å². The van der Waals surface area contributed by atoms with Crippen molar-refractivity contribution in [3.8, 4) is 0 Å². The van der Waals surface area contributed by atoms with E-state index >= 15 is 0 Å². The molecule has 2 atom stereocenters. The second-order valence-electron chi connectivity index (χ2n) is 6.70. The number of aliphatic imine (C=N–C) groups is 1. The molecule has 0 radical (unpaired) electrons. The quantitative estimate of drug-likeness (QED) is 0.530. The number of benzene rings is 1. The zero-order valence-corrected chi connectivity index (χ0v) is 15.7. The fourth-order valence-corrected chi connectivity index (χ4v) is 2.68. The summed E-state index contributed by atoms with van der Waals surface area (Å²) in [6.07, 6.45) is -5.75. The number of carbonyl (C=O) groups excluding carboxylic acids is 1. The van der Waals surface area contributed by atoms with Crippen LogP contribution in [-0.2, 0) is 6.18 Å². The molecule has 0 bridgehead atoms. The van der Waals surface area contributed by atoms with Crippen LogP contribution in [0.1, 0.15) is 18.9 Å². The van der Waals surface area contributed by atoms with Crippen molar-refractivity contribution in [1.82, 2.24) is 15.5 Å². The Morgan fingerprint density at radius 1 is 1.31 bits per heavy atom. The first kappa shape index (κ1) is 23.0. The second-order valence-corrected chi connectivity index (χ2v) is 6.70. The molecule has 0 spiro atoms. The highest BCUT2D eigenvalue weighted by molar-refractivity contribution is 5.90. The van der Waals surface area contributed by atoms with Crippen molar-refractivity contribution in [2.45, 2.75) is 37.9 Å². The van der Waals surface area contributed by atoms with E-state index in [9.17, 15) is 26.7 Å². The molecular formula is C17H22F5N5O2. The van der Waals surface area contributed by atoms with E-state index in [4.69, 9.17) is 5.11 Å². The van der Waals surface area contributed by atoms with Crippen LogP contribution >= 0.6 is 0 Å². The van der Waals surface area contributed by atoms with Crippen LogP contribution in [0.15, 0.2) is 29.3 Å². The van der Waals surface area contributed by atoms with Gasteiger partial charge in [-0.1, -0.05) is 6.07 Å². The van der Waals surface area contributed by atoms with Gasteiger partial charge < -0.3 is 15.7 Å². The molecule has 0 aromatic heterocycles. The summed E-state index contributed by atoms with van der Waals surface area (Å²) in [5, 5.41) is 16.0. The maximum atomic E-state index is 13.3. The molecule has 12 heteroatoms. The number of urea groups is 1. The fraction of sp³-hybridized carbons (Fsp3) is 0.529. The molecule has 1 aliphatic rings. The average molecular weight is 423 g/mol. The minimum absolute atomic E-state index is 0.0613. The lowest BCUT2D eigenvalue weighted by Gasteiger charge is -2.38. The minimum atomic E-state index is -4.55. The molecule has 0 saturated heterocycles. The number of aliphatic hydroxyl groups excluding tert-OH is 1. The highest BCUT2D eigenvalue weighted by Gasteiger charge is 2.34. The molecule has 2 unspecified atom stereocenters. The third-order valence-corrected chi connectivity index (χ3v) is 4.24. The van der Waals surface area contributed by atoms with Gasteiger partial charge in [0.2, 0.25) is 0 Å². The van der Waals surface area contributed by atoms with E-state index < -0.39 is 49.3 Å². The Labute approximate surface area is 164 Å². The number of rotatable bonds is 6. The Morgan fingerprint density at radius 3 is 2.62 bits per heavy atom. The molecule has 0 saturated carbocycles. The molecule has 1 heterocycles. The minimum Gasteiger partial charge on any atom is -0.390 e. The predicted octanol–water partition coefficient (Wildman–Crippen LogP) is 2.45. The summed E-state index contributed by atoms with van der Waals surface area (Å²) in [6, 6.07) is 3.33. The van der Waals surface area contributed by atoms with Crippen molar-refractivity contribution >= 4 is 17.4 Å². The van der Waals surface area contributed by atoms with Crippen LogP contribution in [-0.4, -0.2) is 60.3 Å². The Balaban J connectivity index is 2.01. The Morgan fingerprint density at radius 2 is 2.00 bits per heavy atom. The normalized spacial score (nSPS) is 20.9. The van der Waals surface area contributed by atoms with E-state index in [0.29, 0.717) is 12.1 Å². The molecule has 2 rings (SSSR count). The SMILES string of the molecule is CC1=NC(NC(=O)Nc2cccc(C(F)(F)F)c2)N(C)C(NCC(F)(F)CO)C1. The zero-order valence-electron chi connectivity index (χ0n) is 15.7. The van der Waals surface area contributed by atoms with Gasteiger partial charge in [0.1, 0.15) is 6.61 Å². The lowest BCUT2D eigenvalue weighted by Crippen LogP contribution is -2.59. The Bertz CT molecular complexity index is 756. The number of nitrogens with zero attached hydrogens (tertiary/aromatic N) is 2. The summed E-state index contributed by atoms with van der Waals surface area (Å²) in [7, 11) is 1.54. The molecule has 7 nitrogen and oxygen atoms in total. The lowest BCUT2D eigenvalue weighted by molar-refractivity contribution is -0.137. The van der Waals surface area contributed by atoms with Gasteiger partial charge in [0.05, 0.1) is 18.3 Å². The van der Waals surface area contributed by atoms with Crippen molar-refractivity contribution < 1.29 is 31.9 Å². The largest absolute Gasteiger partial charge is 0.416 e. The van der Waals surface area contributed by atoms with Gasteiger partial charge in [-0.15, -0.1) is 0 Å². The predicted molar refractivity (Wildman–Crippen MR) is 96.7 cm³/mol. The van der Waals surface area contributed by atoms with Crippen molar-refractivity contribution in [2.24, 2.45) is 4.99 Å². The van der Waals surface area contributed by atoms with Gasteiger partial charge in [0.15, 0.2) is 6.29 Å². The smallest absolute Gasteiger partial charge is 0.390 e. The van der Waals surface area contributed by atoms with Gasteiger partial charge in [-0.3, -0.25) is 15.2 Å². The molecule has 0 aliphatic carbocycles. The first-order valence-corrected chi connectivity index (χ1v) is 8.63. The van der Waals surface area contributed by atoms with Crippen molar-refractivity contribution in [2.75, 3.05) is 25.5 Å². The fourth-order valence-electron chi connectivity index (χ4n) is 2.68. The third kappa shape index (κ3) is 6.61. The van der Waals surface area contributed by atoms with Crippen LogP contribution in [0.2, 0.25) is 0 Å². The van der Waals surface area contributed by atoms with Gasteiger partial charge in [-0.25, -0.2) is 13.6 Å². The third-order valence-electron chi connectivity index (χ3n) is 4.24. The first-order chi connectivity index (χ1) is 13.4. The summed E-state index contributed by atoms with van der Waals surface area (Å²) in [5.41, 5.74) is -0.390. The highest BCUT2D eigenvalue weighted by Crippen LogP contribution is 2.30. The van der Waals surface area contributed by atoms with E-state index in [0.717, 1.165) is 18.2 Å². The number of amides is 2. The Hall–Kier alpha value is -2.31. The molecule has 1 aromatic carbocycles. The van der Waals surface area contributed by atoms with E-state index in [1.165, 1.54) is 11.0 Å². The molecule has 1 aliphatic heterocycles. The van der Waals surface area contributed by atoms with Crippen LogP contribution in [0.25, 0.3) is 0 Å². The number of carbonyl (C=O) groups is 1. The van der Waals surface area contributed by atoms with E-state index in [1.807, 2.05) is 0 Å². The summed E-state index contributed by atoms with van der Waals surface area (Å²) in [6.45, 7) is -0.412. The highest BCUT2D eigenvalue weighted by atomic mass is 19.4. The molecule has 162 valence electrons. The number of nitrogens with one attached hydrogen (secondary N) is 3. The molecular weight excluding hydrogens is 401 g/mol. The Kier molecular flexibility index (Phi) is 7.14. The van der Waals surface area contributed by atoms with Crippen molar-refractivity contribution in [3.63, 3.8) is 0 Å². The van der Waals surface area contributed by atoms with Gasteiger partial charge in [0, 0.05) is 17.8 Å². The van der Waals surface area contributed by atoms with Crippen LogP contribution < -0.4 is 16.0 Å². The van der Waals surface area contributed by atoms with Gasteiger partial charge in [0.25, 0.3) is 5.92 Å². The topological polar surface area (TPSA) is 89.0 Å². The molecule has 1 aromatic rings.